The highest BCUT2D eigenvalue weighted by Gasteiger charge is 2.48. The average molecular weight is 376 g/mol. The van der Waals surface area contributed by atoms with Crippen LogP contribution >= 0.6 is 11.6 Å². The molecule has 2 heterocycles. The Hall–Kier alpha value is -1.59. The summed E-state index contributed by atoms with van der Waals surface area (Å²) in [7, 11) is 0. The number of halogens is 1. The third-order valence-electron chi connectivity index (χ3n) is 6.16. The molecule has 6 heteroatoms. The van der Waals surface area contributed by atoms with Crippen LogP contribution in [-0.4, -0.2) is 54.5 Å². The number of piperazine rings is 1. The SMILES string of the molecule is Cc1ccc(Cl)cc1N1CCN(CN2C(=O)[C@@H]3CCCC[C@H]3C2=O)CC1. The zero-order chi connectivity index (χ0) is 18.3. The van der Waals surface area contributed by atoms with Crippen molar-refractivity contribution >= 4 is 29.1 Å². The number of hydrogen-bond donors (Lipinski definition) is 0. The van der Waals surface area contributed by atoms with Gasteiger partial charge >= 0.3 is 0 Å². The first-order valence-corrected chi connectivity index (χ1v) is 10.0. The van der Waals surface area contributed by atoms with E-state index in [2.05, 4.69) is 16.7 Å². The summed E-state index contributed by atoms with van der Waals surface area (Å²) in [5.41, 5.74) is 2.40. The van der Waals surface area contributed by atoms with Crippen molar-refractivity contribution in [2.24, 2.45) is 11.8 Å². The molecular weight excluding hydrogens is 350 g/mol. The lowest BCUT2D eigenvalue weighted by atomic mass is 9.81. The van der Waals surface area contributed by atoms with Crippen LogP contribution in [-0.2, 0) is 9.59 Å². The zero-order valence-electron chi connectivity index (χ0n) is 15.3. The van der Waals surface area contributed by atoms with E-state index in [0.717, 1.165) is 56.9 Å². The smallest absolute Gasteiger partial charge is 0.234 e. The topological polar surface area (TPSA) is 43.9 Å². The number of fused-ring (bicyclic) bond motifs is 1. The lowest BCUT2D eigenvalue weighted by Gasteiger charge is -2.38. The molecule has 2 atom stereocenters. The number of likely N-dealkylation sites (tertiary alicyclic amines) is 1. The van der Waals surface area contributed by atoms with Crippen LogP contribution in [0.1, 0.15) is 31.2 Å². The van der Waals surface area contributed by atoms with Crippen LogP contribution in [0.4, 0.5) is 5.69 Å². The van der Waals surface area contributed by atoms with E-state index in [-0.39, 0.29) is 23.7 Å². The number of amides is 2. The predicted molar refractivity (Wildman–Crippen MR) is 102 cm³/mol. The van der Waals surface area contributed by atoms with Crippen LogP contribution in [0.2, 0.25) is 5.02 Å². The van der Waals surface area contributed by atoms with E-state index in [0.29, 0.717) is 6.67 Å². The van der Waals surface area contributed by atoms with Gasteiger partial charge < -0.3 is 4.90 Å². The highest BCUT2D eigenvalue weighted by Crippen LogP contribution is 2.38. The lowest BCUT2D eigenvalue weighted by Crippen LogP contribution is -2.51. The maximum Gasteiger partial charge on any atom is 0.234 e. The summed E-state index contributed by atoms with van der Waals surface area (Å²) in [5, 5.41) is 0.754. The molecule has 1 saturated carbocycles. The minimum atomic E-state index is -0.0494. The second-order valence-electron chi connectivity index (χ2n) is 7.78. The Morgan fingerprint density at radius 1 is 1.00 bits per heavy atom. The van der Waals surface area contributed by atoms with Crippen molar-refractivity contribution in [1.82, 2.24) is 9.80 Å². The number of nitrogens with zero attached hydrogens (tertiary/aromatic N) is 3. The van der Waals surface area contributed by atoms with Gasteiger partial charge in [-0.2, -0.15) is 0 Å². The molecule has 3 aliphatic rings. The molecule has 1 aromatic rings. The fourth-order valence-electron chi connectivity index (χ4n) is 4.62. The first-order chi connectivity index (χ1) is 12.5. The summed E-state index contributed by atoms with van der Waals surface area (Å²) in [4.78, 5) is 31.4. The Morgan fingerprint density at radius 2 is 1.62 bits per heavy atom. The Kier molecular flexibility index (Phi) is 4.93. The summed E-state index contributed by atoms with van der Waals surface area (Å²) >= 11 is 6.15. The Balaban J connectivity index is 1.37. The van der Waals surface area contributed by atoms with E-state index in [4.69, 9.17) is 11.6 Å². The maximum absolute atomic E-state index is 12.6. The van der Waals surface area contributed by atoms with Crippen molar-refractivity contribution in [3.8, 4) is 0 Å². The van der Waals surface area contributed by atoms with E-state index in [9.17, 15) is 9.59 Å². The Bertz CT molecular complexity index is 691. The minimum absolute atomic E-state index is 0.0494. The normalized spacial score (nSPS) is 27.2. The van der Waals surface area contributed by atoms with Gasteiger partial charge in [-0.15, -0.1) is 0 Å². The van der Waals surface area contributed by atoms with Gasteiger partial charge in [0.15, 0.2) is 0 Å². The molecule has 4 rings (SSSR count). The standard InChI is InChI=1S/C20H26ClN3O2/c1-14-6-7-15(21)12-18(14)23-10-8-22(9-11-23)13-24-19(25)16-4-2-3-5-17(16)20(24)26/h6-7,12,16-17H,2-5,8-11,13H2,1H3/t16-,17-/m1/s1. The first-order valence-electron chi connectivity index (χ1n) is 9.63. The van der Waals surface area contributed by atoms with Crippen LogP contribution in [0.3, 0.4) is 0 Å². The molecule has 140 valence electrons. The van der Waals surface area contributed by atoms with Crippen LogP contribution in [0.5, 0.6) is 0 Å². The minimum Gasteiger partial charge on any atom is -0.369 e. The van der Waals surface area contributed by atoms with Crippen LogP contribution < -0.4 is 4.90 Å². The van der Waals surface area contributed by atoms with Crippen molar-refractivity contribution in [1.29, 1.82) is 0 Å². The van der Waals surface area contributed by atoms with Crippen molar-refractivity contribution in [2.45, 2.75) is 32.6 Å². The van der Waals surface area contributed by atoms with E-state index >= 15 is 0 Å². The average Bonchev–Trinajstić information content (AvgIpc) is 2.90. The first kappa shape index (κ1) is 17.8. The van der Waals surface area contributed by atoms with Gasteiger partial charge in [0.2, 0.25) is 11.8 Å². The fourth-order valence-corrected chi connectivity index (χ4v) is 4.79. The monoisotopic (exact) mass is 375 g/mol. The van der Waals surface area contributed by atoms with Gasteiger partial charge in [-0.1, -0.05) is 30.5 Å². The number of hydrogen-bond acceptors (Lipinski definition) is 4. The van der Waals surface area contributed by atoms with E-state index in [1.54, 1.807) is 0 Å². The fraction of sp³-hybridized carbons (Fsp3) is 0.600. The molecule has 3 fully saturated rings. The molecule has 0 bridgehead atoms. The van der Waals surface area contributed by atoms with Gasteiger partial charge in [0.05, 0.1) is 18.5 Å². The number of carbonyl (C=O) groups excluding carboxylic acids is 2. The molecule has 2 aliphatic heterocycles. The molecule has 2 saturated heterocycles. The number of aryl methyl sites for hydroxylation is 1. The van der Waals surface area contributed by atoms with E-state index in [1.165, 1.54) is 16.2 Å². The second kappa shape index (κ2) is 7.20. The summed E-state index contributed by atoms with van der Waals surface area (Å²) in [6.45, 7) is 6.00. The van der Waals surface area contributed by atoms with Crippen LogP contribution in [0.15, 0.2) is 18.2 Å². The molecular formula is C20H26ClN3O2. The number of benzene rings is 1. The molecule has 0 N–H and O–H groups in total. The number of anilines is 1. The van der Waals surface area contributed by atoms with E-state index in [1.807, 2.05) is 18.2 Å². The van der Waals surface area contributed by atoms with Crippen molar-refractivity contribution in [2.75, 3.05) is 37.7 Å². The third kappa shape index (κ3) is 3.23. The molecule has 5 nitrogen and oxygen atoms in total. The molecule has 26 heavy (non-hydrogen) atoms. The van der Waals surface area contributed by atoms with Crippen molar-refractivity contribution in [3.63, 3.8) is 0 Å². The Labute approximate surface area is 159 Å². The van der Waals surface area contributed by atoms with Crippen LogP contribution in [0.25, 0.3) is 0 Å². The summed E-state index contributed by atoms with van der Waals surface area (Å²) < 4.78 is 0. The summed E-state index contributed by atoms with van der Waals surface area (Å²) in [6.07, 6.45) is 3.92. The van der Waals surface area contributed by atoms with Crippen molar-refractivity contribution in [3.05, 3.63) is 28.8 Å². The maximum atomic E-state index is 12.6. The molecule has 2 amide bonds. The molecule has 0 radical (unpaired) electrons. The third-order valence-corrected chi connectivity index (χ3v) is 6.39. The molecule has 0 spiro atoms. The predicted octanol–water partition coefficient (Wildman–Crippen LogP) is 2.90. The number of rotatable bonds is 3. The number of imide groups is 1. The van der Waals surface area contributed by atoms with Gasteiger partial charge in [0.25, 0.3) is 0 Å². The zero-order valence-corrected chi connectivity index (χ0v) is 16.0. The summed E-state index contributed by atoms with van der Waals surface area (Å²) in [5.74, 6) is 0.0268. The lowest BCUT2D eigenvalue weighted by molar-refractivity contribution is -0.142. The highest BCUT2D eigenvalue weighted by atomic mass is 35.5. The molecule has 1 aliphatic carbocycles. The largest absolute Gasteiger partial charge is 0.369 e. The van der Waals surface area contributed by atoms with E-state index < -0.39 is 0 Å². The van der Waals surface area contributed by atoms with Gasteiger partial charge in [-0.25, -0.2) is 0 Å². The van der Waals surface area contributed by atoms with Crippen LogP contribution in [0, 0.1) is 18.8 Å². The second-order valence-corrected chi connectivity index (χ2v) is 8.22. The van der Waals surface area contributed by atoms with Crippen molar-refractivity contribution < 1.29 is 9.59 Å². The Morgan fingerprint density at radius 3 is 2.23 bits per heavy atom. The summed E-state index contributed by atoms with van der Waals surface area (Å²) in [6, 6.07) is 5.98. The highest BCUT2D eigenvalue weighted by molar-refractivity contribution is 6.30. The molecule has 0 unspecified atom stereocenters. The van der Waals surface area contributed by atoms with Gasteiger partial charge in [-0.3, -0.25) is 19.4 Å². The van der Waals surface area contributed by atoms with Gasteiger partial charge in [0, 0.05) is 36.9 Å². The van der Waals surface area contributed by atoms with Gasteiger partial charge in [-0.05, 0) is 37.5 Å². The molecule has 1 aromatic carbocycles. The molecule has 0 aromatic heterocycles. The quantitative estimate of drug-likeness (QED) is 0.762. The van der Waals surface area contributed by atoms with Gasteiger partial charge in [0.1, 0.15) is 0 Å². The number of carbonyl (C=O) groups is 2.